The van der Waals surface area contributed by atoms with Crippen LogP contribution in [0.25, 0.3) is 11.3 Å². The largest absolute Gasteiger partial charge is 0.364 e. The lowest BCUT2D eigenvalue weighted by atomic mass is 10.0. The number of aromatic nitrogens is 4. The highest BCUT2D eigenvalue weighted by Crippen LogP contribution is 2.27. The first kappa shape index (κ1) is 20.6. The molecule has 0 spiro atoms. The number of aryl methyl sites for hydroxylation is 1. The van der Waals surface area contributed by atoms with Crippen molar-refractivity contribution in [3.05, 3.63) is 53.8 Å². The first-order chi connectivity index (χ1) is 14.9. The standard InChI is InChI=1S/C20H20F2N6O3/c21-13-7-14(9-27-10-17(20(23)30)24-26-27)28(8-13)18(29)6-5-12-11-31-25-19(12)15-3-1-2-4-16(15)22/h1-4,10-11,13-14H,5-9H2,(H2,23,30)/t13-,14-/m0/s1. The normalized spacial score (nSPS) is 18.5. The van der Waals surface area contributed by atoms with Crippen molar-refractivity contribution in [1.29, 1.82) is 0 Å². The van der Waals surface area contributed by atoms with E-state index in [1.807, 2.05) is 0 Å². The molecule has 1 fully saturated rings. The molecule has 2 atom stereocenters. The second-order valence-electron chi connectivity index (χ2n) is 7.39. The van der Waals surface area contributed by atoms with Crippen LogP contribution in [0.1, 0.15) is 28.9 Å². The maximum Gasteiger partial charge on any atom is 0.270 e. The molecule has 162 valence electrons. The number of rotatable bonds is 7. The number of amides is 2. The summed E-state index contributed by atoms with van der Waals surface area (Å²) in [5.74, 6) is -1.40. The number of alkyl halides is 1. The van der Waals surface area contributed by atoms with E-state index < -0.39 is 23.9 Å². The first-order valence-electron chi connectivity index (χ1n) is 9.74. The van der Waals surface area contributed by atoms with Crippen LogP contribution in [0, 0.1) is 5.82 Å². The van der Waals surface area contributed by atoms with Crippen molar-refractivity contribution < 1.29 is 22.9 Å². The third kappa shape index (κ3) is 4.44. The summed E-state index contributed by atoms with van der Waals surface area (Å²) in [6.45, 7) is 0.171. The average molecular weight is 430 g/mol. The number of benzene rings is 1. The van der Waals surface area contributed by atoms with Gasteiger partial charge in [-0.25, -0.2) is 13.5 Å². The van der Waals surface area contributed by atoms with Gasteiger partial charge in [0.15, 0.2) is 5.69 Å². The molecule has 2 aromatic heterocycles. The van der Waals surface area contributed by atoms with Crippen molar-refractivity contribution >= 4 is 11.8 Å². The first-order valence-corrected chi connectivity index (χ1v) is 9.74. The molecular formula is C20H20F2N6O3. The lowest BCUT2D eigenvalue weighted by molar-refractivity contribution is -0.132. The number of hydrogen-bond donors (Lipinski definition) is 1. The van der Waals surface area contributed by atoms with E-state index in [4.69, 9.17) is 10.3 Å². The Morgan fingerprint density at radius 2 is 2.10 bits per heavy atom. The van der Waals surface area contributed by atoms with Crippen LogP contribution in [0.15, 0.2) is 41.2 Å². The molecule has 1 aliphatic rings. The van der Waals surface area contributed by atoms with Crippen molar-refractivity contribution in [2.75, 3.05) is 6.54 Å². The number of likely N-dealkylation sites (tertiary alicyclic amines) is 1. The van der Waals surface area contributed by atoms with E-state index in [9.17, 15) is 18.4 Å². The summed E-state index contributed by atoms with van der Waals surface area (Å²) in [6, 6.07) is 5.74. The Morgan fingerprint density at radius 3 is 2.84 bits per heavy atom. The highest BCUT2D eigenvalue weighted by molar-refractivity contribution is 5.90. The number of halogens is 2. The summed E-state index contributed by atoms with van der Waals surface area (Å²) >= 11 is 0. The zero-order chi connectivity index (χ0) is 22.0. The average Bonchev–Trinajstić information content (AvgIpc) is 3.47. The topological polar surface area (TPSA) is 120 Å². The van der Waals surface area contributed by atoms with Gasteiger partial charge in [0.2, 0.25) is 5.91 Å². The van der Waals surface area contributed by atoms with E-state index in [-0.39, 0.29) is 49.5 Å². The third-order valence-electron chi connectivity index (χ3n) is 5.25. The molecule has 0 bridgehead atoms. The van der Waals surface area contributed by atoms with Gasteiger partial charge in [0.05, 0.1) is 25.3 Å². The van der Waals surface area contributed by atoms with E-state index in [0.717, 1.165) is 0 Å². The number of hydrogen-bond acceptors (Lipinski definition) is 6. The lowest BCUT2D eigenvalue weighted by Crippen LogP contribution is -2.38. The molecule has 1 aromatic carbocycles. The number of carbonyl (C=O) groups excluding carboxylic acids is 2. The predicted octanol–water partition coefficient (Wildman–Crippen LogP) is 1.74. The fourth-order valence-corrected chi connectivity index (χ4v) is 3.75. The van der Waals surface area contributed by atoms with Crippen LogP contribution in [0.2, 0.25) is 0 Å². The highest BCUT2D eigenvalue weighted by atomic mass is 19.1. The van der Waals surface area contributed by atoms with Crippen LogP contribution in [0.3, 0.4) is 0 Å². The zero-order valence-electron chi connectivity index (χ0n) is 16.4. The Bertz CT molecular complexity index is 1100. The Hall–Kier alpha value is -3.63. The summed E-state index contributed by atoms with van der Waals surface area (Å²) < 4.78 is 34.5. The van der Waals surface area contributed by atoms with Crippen molar-refractivity contribution in [3.63, 3.8) is 0 Å². The molecule has 9 nitrogen and oxygen atoms in total. The highest BCUT2D eigenvalue weighted by Gasteiger charge is 2.35. The summed E-state index contributed by atoms with van der Waals surface area (Å²) in [7, 11) is 0. The van der Waals surface area contributed by atoms with Gasteiger partial charge in [-0.15, -0.1) is 5.10 Å². The summed E-state index contributed by atoms with van der Waals surface area (Å²) in [4.78, 5) is 25.5. The Kier molecular flexibility index (Phi) is 5.74. The van der Waals surface area contributed by atoms with Gasteiger partial charge in [-0.2, -0.15) is 0 Å². The molecule has 3 aromatic rings. The molecule has 0 saturated carbocycles. The molecule has 0 radical (unpaired) electrons. The molecule has 3 heterocycles. The molecule has 2 N–H and O–H groups in total. The van der Waals surface area contributed by atoms with Gasteiger partial charge in [-0.3, -0.25) is 9.59 Å². The van der Waals surface area contributed by atoms with Crippen LogP contribution in [-0.2, 0) is 17.8 Å². The fraction of sp³-hybridized carbons (Fsp3) is 0.350. The van der Waals surface area contributed by atoms with Crippen LogP contribution < -0.4 is 5.73 Å². The number of primary amides is 1. The number of nitrogens with zero attached hydrogens (tertiary/aromatic N) is 5. The molecule has 2 amide bonds. The molecular weight excluding hydrogens is 410 g/mol. The zero-order valence-corrected chi connectivity index (χ0v) is 16.4. The molecule has 4 rings (SSSR count). The SMILES string of the molecule is NC(=O)c1cn(C[C@@H]2C[C@H](F)CN2C(=O)CCc2conc2-c2ccccc2F)nn1. The van der Waals surface area contributed by atoms with E-state index in [2.05, 4.69) is 15.5 Å². The molecule has 1 saturated heterocycles. The van der Waals surface area contributed by atoms with Gasteiger partial charge in [0, 0.05) is 24.0 Å². The van der Waals surface area contributed by atoms with Gasteiger partial charge in [-0.05, 0) is 18.6 Å². The van der Waals surface area contributed by atoms with Crippen LogP contribution >= 0.6 is 0 Å². The monoisotopic (exact) mass is 430 g/mol. The maximum atomic E-state index is 14.1. The number of nitrogens with two attached hydrogens (primary N) is 1. The minimum absolute atomic E-state index is 0.000744. The van der Waals surface area contributed by atoms with Crippen molar-refractivity contribution in [2.24, 2.45) is 5.73 Å². The Morgan fingerprint density at radius 1 is 1.29 bits per heavy atom. The minimum Gasteiger partial charge on any atom is -0.364 e. The second kappa shape index (κ2) is 8.62. The molecule has 11 heteroatoms. The van der Waals surface area contributed by atoms with Crippen LogP contribution in [0.5, 0.6) is 0 Å². The van der Waals surface area contributed by atoms with Gasteiger partial charge in [-0.1, -0.05) is 22.5 Å². The summed E-state index contributed by atoms with van der Waals surface area (Å²) in [6.07, 6.45) is 2.10. The molecule has 1 aliphatic heterocycles. The lowest BCUT2D eigenvalue weighted by Gasteiger charge is -2.24. The van der Waals surface area contributed by atoms with Gasteiger partial charge < -0.3 is 15.2 Å². The Balaban J connectivity index is 1.42. The van der Waals surface area contributed by atoms with E-state index >= 15 is 0 Å². The Labute approximate surface area is 175 Å². The molecule has 0 aliphatic carbocycles. The minimum atomic E-state index is -1.15. The summed E-state index contributed by atoms with van der Waals surface area (Å²) in [5.41, 5.74) is 6.39. The maximum absolute atomic E-state index is 14.1. The van der Waals surface area contributed by atoms with Crippen molar-refractivity contribution in [2.45, 2.75) is 38.0 Å². The van der Waals surface area contributed by atoms with E-state index in [0.29, 0.717) is 11.3 Å². The molecule has 31 heavy (non-hydrogen) atoms. The van der Waals surface area contributed by atoms with Crippen LogP contribution in [0.4, 0.5) is 8.78 Å². The fourth-order valence-electron chi connectivity index (χ4n) is 3.75. The van der Waals surface area contributed by atoms with Gasteiger partial charge >= 0.3 is 0 Å². The van der Waals surface area contributed by atoms with Crippen LogP contribution in [-0.4, -0.2) is 55.6 Å². The quantitative estimate of drug-likeness (QED) is 0.610. The predicted molar refractivity (Wildman–Crippen MR) is 104 cm³/mol. The van der Waals surface area contributed by atoms with Crippen molar-refractivity contribution in [1.82, 2.24) is 25.1 Å². The second-order valence-corrected chi connectivity index (χ2v) is 7.39. The van der Waals surface area contributed by atoms with Gasteiger partial charge in [0.1, 0.15) is 23.9 Å². The van der Waals surface area contributed by atoms with Gasteiger partial charge in [0.25, 0.3) is 5.91 Å². The smallest absolute Gasteiger partial charge is 0.270 e. The molecule has 0 unspecified atom stereocenters. The van der Waals surface area contributed by atoms with E-state index in [1.165, 1.54) is 28.1 Å². The summed E-state index contributed by atoms with van der Waals surface area (Å²) in [5, 5.41) is 11.3. The number of carbonyl (C=O) groups is 2. The van der Waals surface area contributed by atoms with Crippen molar-refractivity contribution in [3.8, 4) is 11.3 Å². The van der Waals surface area contributed by atoms with E-state index in [1.54, 1.807) is 18.2 Å². The third-order valence-corrected chi connectivity index (χ3v) is 5.25.